The summed E-state index contributed by atoms with van der Waals surface area (Å²) in [7, 11) is 1.83. The minimum absolute atomic E-state index is 0.00832. The van der Waals surface area contributed by atoms with Gasteiger partial charge in [0.25, 0.3) is 5.91 Å². The van der Waals surface area contributed by atoms with Crippen LogP contribution >= 0.6 is 11.6 Å². The van der Waals surface area contributed by atoms with Crippen LogP contribution in [0.1, 0.15) is 35.7 Å². The zero-order valence-corrected chi connectivity index (χ0v) is 14.6. The fourth-order valence-electron chi connectivity index (χ4n) is 3.86. The predicted octanol–water partition coefficient (Wildman–Crippen LogP) is 3.05. The van der Waals surface area contributed by atoms with Crippen LogP contribution < -0.4 is 4.74 Å². The number of hydrogen-bond donors (Lipinski definition) is 0. The Kier molecular flexibility index (Phi) is 3.76. The second-order valence-electron chi connectivity index (χ2n) is 6.52. The predicted molar refractivity (Wildman–Crippen MR) is 91.2 cm³/mol. The molecule has 0 saturated carbocycles. The summed E-state index contributed by atoms with van der Waals surface area (Å²) in [5, 5.41) is 5.01. The molecule has 0 aliphatic carbocycles. The average Bonchev–Trinajstić information content (AvgIpc) is 3.25. The number of rotatable bonds is 2. The largest absolute Gasteiger partial charge is 0.480 e. The minimum Gasteiger partial charge on any atom is -0.480 e. The van der Waals surface area contributed by atoms with Gasteiger partial charge < -0.3 is 9.64 Å². The summed E-state index contributed by atoms with van der Waals surface area (Å²) >= 11 is 6.43. The van der Waals surface area contributed by atoms with Gasteiger partial charge in [0.05, 0.1) is 11.7 Å². The van der Waals surface area contributed by atoms with E-state index in [1.807, 2.05) is 43.1 Å². The lowest BCUT2D eigenvalue weighted by atomic mass is 10.0. The number of carbonyl (C=O) groups excluding carboxylic acids is 1. The molecule has 24 heavy (non-hydrogen) atoms. The number of ether oxygens (including phenoxy) is 1. The minimum atomic E-state index is -0.432. The molecule has 126 valence electrons. The molecule has 6 heteroatoms. The van der Waals surface area contributed by atoms with Crippen LogP contribution in [-0.2, 0) is 18.3 Å². The van der Waals surface area contributed by atoms with Gasteiger partial charge in [0.15, 0.2) is 6.10 Å². The number of nitrogens with zero attached hydrogens (tertiary/aromatic N) is 3. The van der Waals surface area contributed by atoms with Crippen molar-refractivity contribution in [2.24, 2.45) is 7.05 Å². The van der Waals surface area contributed by atoms with Gasteiger partial charge in [-0.15, -0.1) is 0 Å². The Morgan fingerprint density at radius 2 is 2.17 bits per heavy atom. The van der Waals surface area contributed by atoms with Crippen molar-refractivity contribution in [1.29, 1.82) is 0 Å². The Balaban J connectivity index is 1.59. The van der Waals surface area contributed by atoms with Gasteiger partial charge in [-0.25, -0.2) is 0 Å². The highest BCUT2D eigenvalue weighted by Crippen LogP contribution is 2.39. The first-order valence-corrected chi connectivity index (χ1v) is 8.68. The van der Waals surface area contributed by atoms with Gasteiger partial charge >= 0.3 is 0 Å². The van der Waals surface area contributed by atoms with Gasteiger partial charge in [0, 0.05) is 25.6 Å². The summed E-state index contributed by atoms with van der Waals surface area (Å²) in [4.78, 5) is 15.0. The fraction of sp³-hybridized carbons (Fsp3) is 0.444. The topological polar surface area (TPSA) is 47.4 Å². The highest BCUT2D eigenvalue weighted by Gasteiger charge is 2.39. The molecule has 5 nitrogen and oxygen atoms in total. The summed E-state index contributed by atoms with van der Waals surface area (Å²) in [6, 6.07) is 7.85. The number of fused-ring (bicyclic) bond motifs is 1. The first-order chi connectivity index (χ1) is 11.6. The van der Waals surface area contributed by atoms with Crippen LogP contribution in [0.15, 0.2) is 24.3 Å². The molecule has 1 saturated heterocycles. The Morgan fingerprint density at radius 1 is 1.38 bits per heavy atom. The van der Waals surface area contributed by atoms with E-state index in [1.165, 1.54) is 0 Å². The van der Waals surface area contributed by atoms with E-state index in [0.717, 1.165) is 42.0 Å². The summed E-state index contributed by atoms with van der Waals surface area (Å²) in [5.74, 6) is 0.871. The molecule has 0 radical (unpaired) electrons. The smallest absolute Gasteiger partial charge is 0.264 e. The number of para-hydroxylation sites is 1. The molecule has 1 aromatic heterocycles. The highest BCUT2D eigenvalue weighted by molar-refractivity contribution is 6.30. The highest BCUT2D eigenvalue weighted by atomic mass is 35.5. The van der Waals surface area contributed by atoms with Crippen LogP contribution in [0.5, 0.6) is 5.75 Å². The van der Waals surface area contributed by atoms with Crippen molar-refractivity contribution >= 4 is 17.5 Å². The second-order valence-corrected chi connectivity index (χ2v) is 6.88. The first-order valence-electron chi connectivity index (χ1n) is 8.30. The van der Waals surface area contributed by atoms with Crippen LogP contribution in [0, 0.1) is 6.92 Å². The molecule has 1 amide bonds. The van der Waals surface area contributed by atoms with Gasteiger partial charge in [0.1, 0.15) is 10.9 Å². The van der Waals surface area contributed by atoms with Gasteiger partial charge in [-0.2, -0.15) is 5.10 Å². The summed E-state index contributed by atoms with van der Waals surface area (Å²) in [6.07, 6.45) is 2.09. The zero-order chi connectivity index (χ0) is 16.8. The Hall–Kier alpha value is -2.01. The van der Waals surface area contributed by atoms with Crippen LogP contribution in [-0.4, -0.2) is 33.2 Å². The third kappa shape index (κ3) is 2.38. The van der Waals surface area contributed by atoms with Gasteiger partial charge in [0.2, 0.25) is 0 Å². The molecule has 2 aliphatic rings. The van der Waals surface area contributed by atoms with Crippen molar-refractivity contribution in [3.63, 3.8) is 0 Å². The summed E-state index contributed by atoms with van der Waals surface area (Å²) < 4.78 is 7.56. The van der Waals surface area contributed by atoms with Crippen molar-refractivity contribution in [2.75, 3.05) is 6.54 Å². The number of likely N-dealkylation sites (tertiary alicyclic amines) is 1. The van der Waals surface area contributed by atoms with Crippen LogP contribution in [0.25, 0.3) is 0 Å². The Bertz CT molecular complexity index is 777. The van der Waals surface area contributed by atoms with Crippen LogP contribution in [0.4, 0.5) is 0 Å². The van der Waals surface area contributed by atoms with Crippen molar-refractivity contribution < 1.29 is 9.53 Å². The van der Waals surface area contributed by atoms with E-state index in [9.17, 15) is 4.79 Å². The molecule has 0 spiro atoms. The molecule has 0 unspecified atom stereocenters. The van der Waals surface area contributed by atoms with Crippen molar-refractivity contribution in [2.45, 2.75) is 38.3 Å². The molecule has 2 atom stereocenters. The third-order valence-corrected chi connectivity index (χ3v) is 5.44. The first kappa shape index (κ1) is 15.5. The van der Waals surface area contributed by atoms with Gasteiger partial charge in [-0.05, 0) is 31.4 Å². The number of aryl methyl sites for hydroxylation is 2. The van der Waals surface area contributed by atoms with E-state index in [4.69, 9.17) is 16.3 Å². The number of halogens is 1. The molecule has 2 aromatic rings. The monoisotopic (exact) mass is 345 g/mol. The molecule has 3 heterocycles. The van der Waals surface area contributed by atoms with E-state index < -0.39 is 6.10 Å². The average molecular weight is 346 g/mol. The van der Waals surface area contributed by atoms with E-state index in [2.05, 4.69) is 5.10 Å². The molecule has 4 rings (SSSR count). The van der Waals surface area contributed by atoms with Gasteiger partial charge in [-0.1, -0.05) is 29.8 Å². The quantitative estimate of drug-likeness (QED) is 0.840. The number of hydrogen-bond acceptors (Lipinski definition) is 3. The van der Waals surface area contributed by atoms with Crippen LogP contribution in [0.2, 0.25) is 5.15 Å². The van der Waals surface area contributed by atoms with Crippen LogP contribution in [0.3, 0.4) is 0 Å². The SMILES string of the molecule is Cc1nn(C)c(Cl)c1[C@@H]1CCCN1C(=O)[C@H]1Cc2ccccc2O1. The molecule has 2 aliphatic heterocycles. The second kappa shape index (κ2) is 5.81. The van der Waals surface area contributed by atoms with E-state index in [0.29, 0.717) is 11.6 Å². The maximum Gasteiger partial charge on any atom is 0.264 e. The molecule has 1 fully saturated rings. The Morgan fingerprint density at radius 3 is 2.88 bits per heavy atom. The normalized spacial score (nSPS) is 22.5. The summed E-state index contributed by atoms with van der Waals surface area (Å²) in [5.41, 5.74) is 2.96. The molecule has 0 bridgehead atoms. The molecular weight excluding hydrogens is 326 g/mol. The lowest BCUT2D eigenvalue weighted by Crippen LogP contribution is -2.41. The summed E-state index contributed by atoms with van der Waals surface area (Å²) in [6.45, 7) is 2.69. The van der Waals surface area contributed by atoms with Crippen molar-refractivity contribution in [1.82, 2.24) is 14.7 Å². The third-order valence-electron chi connectivity index (χ3n) is 4.99. The fourth-order valence-corrected chi connectivity index (χ4v) is 4.16. The maximum atomic E-state index is 13.1. The molecular formula is C18H20ClN3O2. The van der Waals surface area contributed by atoms with Gasteiger partial charge in [-0.3, -0.25) is 9.48 Å². The van der Waals surface area contributed by atoms with Crippen molar-refractivity contribution in [3.8, 4) is 5.75 Å². The maximum absolute atomic E-state index is 13.1. The van der Waals surface area contributed by atoms with E-state index in [1.54, 1.807) is 4.68 Å². The van der Waals surface area contributed by atoms with Crippen molar-refractivity contribution in [3.05, 3.63) is 46.2 Å². The standard InChI is InChI=1S/C18H20ClN3O2/c1-11-16(17(19)21(2)20-11)13-7-5-9-22(13)18(23)15-10-12-6-3-4-8-14(12)24-15/h3-4,6,8,13,15H,5,7,9-10H2,1-2H3/t13-,15+/m0/s1. The van der Waals surface area contributed by atoms with E-state index in [-0.39, 0.29) is 11.9 Å². The van der Waals surface area contributed by atoms with E-state index >= 15 is 0 Å². The Labute approximate surface area is 146 Å². The lowest BCUT2D eigenvalue weighted by molar-refractivity contribution is -0.138. The number of aromatic nitrogens is 2. The zero-order valence-electron chi connectivity index (χ0n) is 13.8. The number of benzene rings is 1. The lowest BCUT2D eigenvalue weighted by Gasteiger charge is -2.27. The molecule has 0 N–H and O–H groups in total. The molecule has 1 aromatic carbocycles. The number of carbonyl (C=O) groups is 1. The number of amides is 1.